The lowest BCUT2D eigenvalue weighted by molar-refractivity contribution is -0.120. The van der Waals surface area contributed by atoms with E-state index in [9.17, 15) is 13.2 Å². The molecule has 0 aliphatic heterocycles. The quantitative estimate of drug-likeness (QED) is 0.829. The van der Waals surface area contributed by atoms with Gasteiger partial charge in [0.25, 0.3) is 0 Å². The molecule has 102 valence electrons. The fourth-order valence-electron chi connectivity index (χ4n) is 1.43. The molecule has 0 bridgehead atoms. The molecule has 0 saturated carbocycles. The van der Waals surface area contributed by atoms with Crippen molar-refractivity contribution >= 4 is 11.6 Å². The first kappa shape index (κ1) is 14.5. The van der Waals surface area contributed by atoms with Crippen molar-refractivity contribution in [1.29, 1.82) is 0 Å². The Labute approximate surface area is 102 Å². The Balaban J connectivity index is 3.01. The van der Waals surface area contributed by atoms with Crippen molar-refractivity contribution in [3.05, 3.63) is 11.9 Å². The molecule has 18 heavy (non-hydrogen) atoms. The molecule has 0 aliphatic carbocycles. The average molecular weight is 264 g/mol. The van der Waals surface area contributed by atoms with Gasteiger partial charge in [-0.15, -0.1) is 0 Å². The minimum Gasteiger partial charge on any atom is -0.395 e. The van der Waals surface area contributed by atoms with Crippen LogP contribution in [0.2, 0.25) is 0 Å². The van der Waals surface area contributed by atoms with Crippen LogP contribution in [0.15, 0.2) is 6.07 Å². The molecule has 0 radical (unpaired) electrons. The van der Waals surface area contributed by atoms with E-state index in [4.69, 9.17) is 10.8 Å². The Bertz CT molecular complexity index is 397. The summed E-state index contributed by atoms with van der Waals surface area (Å²) < 4.78 is 37.2. The summed E-state index contributed by atoms with van der Waals surface area (Å²) in [4.78, 5) is 8.79. The summed E-state index contributed by atoms with van der Waals surface area (Å²) in [6, 6.07) is 1.26. The van der Waals surface area contributed by atoms with Gasteiger partial charge in [-0.05, 0) is 0 Å². The average Bonchev–Trinajstić information content (AvgIpc) is 2.26. The maximum Gasteiger partial charge on any atom is 0.405 e. The largest absolute Gasteiger partial charge is 0.405 e. The van der Waals surface area contributed by atoms with E-state index in [-0.39, 0.29) is 18.2 Å². The van der Waals surface area contributed by atoms with E-state index >= 15 is 0 Å². The maximum atomic E-state index is 12.4. The van der Waals surface area contributed by atoms with Gasteiger partial charge >= 0.3 is 6.18 Å². The zero-order chi connectivity index (χ0) is 13.8. The van der Waals surface area contributed by atoms with Crippen LogP contribution < -0.4 is 10.6 Å². The van der Waals surface area contributed by atoms with Gasteiger partial charge in [0, 0.05) is 19.0 Å². The lowest BCUT2D eigenvalue weighted by Gasteiger charge is -2.24. The molecule has 1 rings (SSSR count). The third kappa shape index (κ3) is 4.36. The minimum absolute atomic E-state index is 0.0747. The normalized spacial score (nSPS) is 11.6. The topological polar surface area (TPSA) is 75.3 Å². The van der Waals surface area contributed by atoms with E-state index in [0.717, 1.165) is 4.90 Å². The zero-order valence-corrected chi connectivity index (χ0v) is 9.91. The van der Waals surface area contributed by atoms with Crippen molar-refractivity contribution in [3.8, 4) is 0 Å². The van der Waals surface area contributed by atoms with Crippen LogP contribution in [0, 0.1) is 0 Å². The lowest BCUT2D eigenvalue weighted by Crippen LogP contribution is -2.37. The van der Waals surface area contributed by atoms with Crippen LogP contribution in [0.4, 0.5) is 24.8 Å². The van der Waals surface area contributed by atoms with Crippen LogP contribution in [0.3, 0.4) is 0 Å². The van der Waals surface area contributed by atoms with Crippen LogP contribution >= 0.6 is 0 Å². The highest BCUT2D eigenvalue weighted by molar-refractivity contribution is 5.47. The molecule has 0 saturated heterocycles. The first-order chi connectivity index (χ1) is 8.35. The van der Waals surface area contributed by atoms with Gasteiger partial charge < -0.3 is 15.7 Å². The number of nitrogens with two attached hydrogens (primary N) is 1. The number of hydrogen-bond acceptors (Lipinski definition) is 5. The molecule has 0 aliphatic rings. The second kappa shape index (κ2) is 5.85. The molecule has 1 aromatic heterocycles. The molecule has 0 unspecified atom stereocenters. The van der Waals surface area contributed by atoms with Crippen molar-refractivity contribution in [2.75, 3.05) is 30.3 Å². The highest BCUT2D eigenvalue weighted by Crippen LogP contribution is 2.21. The fraction of sp³-hybridized carbons (Fsp3) is 0.600. The summed E-state index contributed by atoms with van der Waals surface area (Å²) in [6.07, 6.45) is -3.90. The van der Waals surface area contributed by atoms with Crippen LogP contribution in [-0.4, -0.2) is 40.9 Å². The monoisotopic (exact) mass is 264 g/mol. The SMILES string of the molecule is CCc1nc(N)cc(N(CCO)CC(F)(F)F)n1. The van der Waals surface area contributed by atoms with E-state index in [1.54, 1.807) is 6.92 Å². The second-order valence-electron chi connectivity index (χ2n) is 3.68. The Kier molecular flexibility index (Phi) is 4.71. The van der Waals surface area contributed by atoms with Crippen molar-refractivity contribution in [2.45, 2.75) is 19.5 Å². The number of halogens is 3. The number of aliphatic hydroxyl groups excluding tert-OH is 1. The zero-order valence-electron chi connectivity index (χ0n) is 9.91. The molecule has 1 aromatic rings. The van der Waals surface area contributed by atoms with Gasteiger partial charge in [0.2, 0.25) is 0 Å². The molecule has 0 atom stereocenters. The summed E-state index contributed by atoms with van der Waals surface area (Å²) in [5, 5.41) is 8.81. The van der Waals surface area contributed by atoms with Crippen LogP contribution in [0.5, 0.6) is 0 Å². The van der Waals surface area contributed by atoms with Crippen molar-refractivity contribution in [2.24, 2.45) is 0 Å². The summed E-state index contributed by atoms with van der Waals surface area (Å²) in [7, 11) is 0. The predicted molar refractivity (Wildman–Crippen MR) is 61.2 cm³/mol. The molecule has 0 aromatic carbocycles. The summed E-state index contributed by atoms with van der Waals surface area (Å²) in [5.41, 5.74) is 5.51. The van der Waals surface area contributed by atoms with E-state index < -0.39 is 19.3 Å². The number of aromatic nitrogens is 2. The number of rotatable bonds is 5. The number of hydrogen-bond donors (Lipinski definition) is 2. The first-order valence-electron chi connectivity index (χ1n) is 5.41. The van der Waals surface area contributed by atoms with E-state index in [2.05, 4.69) is 9.97 Å². The third-order valence-corrected chi connectivity index (χ3v) is 2.16. The molecular weight excluding hydrogens is 249 g/mol. The van der Waals surface area contributed by atoms with Gasteiger partial charge in [0.05, 0.1) is 6.61 Å². The van der Waals surface area contributed by atoms with Gasteiger partial charge in [-0.25, -0.2) is 9.97 Å². The molecule has 3 N–H and O–H groups in total. The number of nitrogen functional groups attached to an aromatic ring is 1. The summed E-state index contributed by atoms with van der Waals surface area (Å²) in [6.45, 7) is 0.0203. The minimum atomic E-state index is -4.37. The first-order valence-corrected chi connectivity index (χ1v) is 5.41. The van der Waals surface area contributed by atoms with Crippen LogP contribution in [-0.2, 0) is 6.42 Å². The lowest BCUT2D eigenvalue weighted by atomic mass is 10.3. The molecule has 1 heterocycles. The molecular formula is C10H15F3N4O. The van der Waals surface area contributed by atoms with Crippen LogP contribution in [0.1, 0.15) is 12.7 Å². The van der Waals surface area contributed by atoms with Gasteiger partial charge in [-0.1, -0.05) is 6.92 Å². The standard InChI is InChI=1S/C10H15F3N4O/c1-2-8-15-7(14)5-9(16-8)17(3-4-18)6-10(11,12)13/h5,18H,2-4,6H2,1H3,(H2,14,15,16). The Morgan fingerprint density at radius 3 is 2.56 bits per heavy atom. The molecule has 0 amide bonds. The number of alkyl halides is 3. The Morgan fingerprint density at radius 1 is 1.39 bits per heavy atom. The van der Waals surface area contributed by atoms with Gasteiger partial charge in [0.15, 0.2) is 0 Å². The van der Waals surface area contributed by atoms with Crippen LogP contribution in [0.25, 0.3) is 0 Å². The second-order valence-corrected chi connectivity index (χ2v) is 3.68. The Morgan fingerprint density at radius 2 is 2.06 bits per heavy atom. The van der Waals surface area contributed by atoms with Gasteiger partial charge in [-0.2, -0.15) is 13.2 Å². The summed E-state index contributed by atoms with van der Waals surface area (Å²) >= 11 is 0. The van der Waals surface area contributed by atoms with Gasteiger partial charge in [-0.3, -0.25) is 0 Å². The fourth-order valence-corrected chi connectivity index (χ4v) is 1.43. The molecule has 0 fully saturated rings. The van der Waals surface area contributed by atoms with E-state index in [1.165, 1.54) is 6.07 Å². The van der Waals surface area contributed by atoms with Crippen molar-refractivity contribution in [1.82, 2.24) is 9.97 Å². The molecule has 0 spiro atoms. The number of nitrogens with zero attached hydrogens (tertiary/aromatic N) is 3. The van der Waals surface area contributed by atoms with Crippen molar-refractivity contribution < 1.29 is 18.3 Å². The van der Waals surface area contributed by atoms with E-state index in [0.29, 0.717) is 12.2 Å². The number of anilines is 2. The highest BCUT2D eigenvalue weighted by Gasteiger charge is 2.31. The highest BCUT2D eigenvalue weighted by atomic mass is 19.4. The smallest absolute Gasteiger partial charge is 0.395 e. The van der Waals surface area contributed by atoms with Gasteiger partial charge in [0.1, 0.15) is 24.0 Å². The Hall–Kier alpha value is -1.57. The molecule has 5 nitrogen and oxygen atoms in total. The summed E-state index contributed by atoms with van der Waals surface area (Å²) in [5.74, 6) is 0.558. The number of aryl methyl sites for hydroxylation is 1. The maximum absolute atomic E-state index is 12.4. The molecule has 8 heteroatoms. The van der Waals surface area contributed by atoms with Crippen molar-refractivity contribution in [3.63, 3.8) is 0 Å². The third-order valence-electron chi connectivity index (χ3n) is 2.16. The van der Waals surface area contributed by atoms with E-state index in [1.807, 2.05) is 0 Å². The predicted octanol–water partition coefficient (Wildman–Crippen LogP) is 0.982. The number of aliphatic hydroxyl groups is 1.